The summed E-state index contributed by atoms with van der Waals surface area (Å²) in [5.74, 6) is 4.11. The minimum Gasteiger partial charge on any atom is -1.00 e. The molecule has 0 N–H and O–H groups in total. The molecule has 9 rings (SSSR count). The fourth-order valence-corrected chi connectivity index (χ4v) is 19.6. The number of hydrogen-bond acceptors (Lipinski definition) is 2. The summed E-state index contributed by atoms with van der Waals surface area (Å²) < 4.78 is 15.9. The summed E-state index contributed by atoms with van der Waals surface area (Å²) in [6.45, 7) is 13.1. The van der Waals surface area contributed by atoms with Crippen LogP contribution >= 0.6 is 0 Å². The largest absolute Gasteiger partial charge is 1.00 e. The number of aryl methyl sites for hydroxylation is 6. The van der Waals surface area contributed by atoms with E-state index in [1.807, 2.05) is 3.21 Å². The van der Waals surface area contributed by atoms with Gasteiger partial charge in [0.05, 0.1) is 0 Å². The summed E-state index contributed by atoms with van der Waals surface area (Å²) in [4.78, 5) is 0. The van der Waals surface area contributed by atoms with Crippen LogP contribution < -0.4 is 24.8 Å². The number of hydrogen-bond donors (Lipinski definition) is 0. The zero-order chi connectivity index (χ0) is 35.0. The van der Waals surface area contributed by atoms with Gasteiger partial charge in [0.1, 0.15) is 0 Å². The Kier molecular flexibility index (Phi) is 10.5. The van der Waals surface area contributed by atoms with Crippen LogP contribution in [-0.4, -0.2) is 3.21 Å². The number of rotatable bonds is 6. The molecule has 2 unspecified atom stereocenters. The molecule has 2 atom stereocenters. The van der Waals surface area contributed by atoms with Crippen molar-refractivity contribution in [3.63, 3.8) is 0 Å². The smallest absolute Gasteiger partial charge is 1.00 e. The van der Waals surface area contributed by atoms with Crippen LogP contribution in [0.4, 0.5) is 0 Å². The Bertz CT molecular complexity index is 2250. The molecule has 0 radical (unpaired) electrons. The summed E-state index contributed by atoms with van der Waals surface area (Å²) in [7, 11) is 0. The van der Waals surface area contributed by atoms with Crippen LogP contribution in [0.3, 0.4) is 0 Å². The minimum absolute atomic E-state index is 0. The van der Waals surface area contributed by atoms with Crippen LogP contribution in [0.15, 0.2) is 106 Å². The van der Waals surface area contributed by atoms with E-state index < -0.39 is 21.3 Å². The van der Waals surface area contributed by atoms with Gasteiger partial charge in [-0.2, -0.15) is 0 Å². The average molecular weight is 815 g/mol. The summed E-state index contributed by atoms with van der Waals surface area (Å²) in [6.07, 6.45) is 8.83. The average Bonchev–Trinajstić information content (AvgIpc) is 3.86. The fourth-order valence-electron chi connectivity index (χ4n) is 8.84. The molecule has 0 spiro atoms. The van der Waals surface area contributed by atoms with Crippen molar-refractivity contribution >= 4 is 26.5 Å². The molecule has 3 aliphatic carbocycles. The van der Waals surface area contributed by atoms with Gasteiger partial charge in [-0.25, -0.2) is 0 Å². The molecule has 2 nitrogen and oxygen atoms in total. The van der Waals surface area contributed by atoms with Gasteiger partial charge >= 0.3 is 312 Å². The van der Waals surface area contributed by atoms with E-state index in [9.17, 15) is 0 Å². The molecular weight excluding hydrogens is 771 g/mol. The molecule has 4 aromatic carbocycles. The first-order valence-corrected chi connectivity index (χ1v) is 22.5. The third kappa shape index (κ3) is 6.28. The molecule has 0 saturated heterocycles. The van der Waals surface area contributed by atoms with Gasteiger partial charge in [-0.1, -0.05) is 0 Å². The number of benzene rings is 4. The van der Waals surface area contributed by atoms with Crippen molar-refractivity contribution in [3.05, 3.63) is 165 Å². The Morgan fingerprint density at radius 3 is 1.26 bits per heavy atom. The molecule has 0 amide bonds. The molecule has 0 aliphatic heterocycles. The van der Waals surface area contributed by atoms with E-state index in [0.717, 1.165) is 23.0 Å². The van der Waals surface area contributed by atoms with Crippen molar-refractivity contribution < 1.29 is 54.9 Å². The third-order valence-corrected chi connectivity index (χ3v) is 21.2. The molecule has 2 heterocycles. The molecule has 1 fully saturated rings. The summed E-state index contributed by atoms with van der Waals surface area (Å²) in [5, 5.41) is 0. The Labute approximate surface area is 334 Å². The number of allylic oxidation sites excluding steroid dienone is 2. The van der Waals surface area contributed by atoms with Gasteiger partial charge in [0.2, 0.25) is 0 Å². The maximum atomic E-state index is 6.69. The summed E-state index contributed by atoms with van der Waals surface area (Å²) in [6, 6.07) is 36.3. The SMILES string of the molecule is Cc1cc(C2=Cc3c(ccc(C)c3-c3ccccc3)[CH]2[Zr+2](=[C]2CCC2)[CH]2C(c3cc(C)c(C)o3)=Cc3c2ccc(C)c3-c2ccccc2)oc1C.[Cl-].[Cl-]. The maximum absolute atomic E-state index is 6.69. The molecule has 2 aromatic heterocycles. The van der Waals surface area contributed by atoms with Crippen LogP contribution in [0.5, 0.6) is 0 Å². The molecule has 6 aromatic rings. The van der Waals surface area contributed by atoms with E-state index >= 15 is 0 Å². The first-order valence-electron chi connectivity index (χ1n) is 18.5. The molecule has 3 aliphatic rings. The van der Waals surface area contributed by atoms with Gasteiger partial charge in [-0.15, -0.1) is 0 Å². The number of fused-ring (bicyclic) bond motifs is 2. The maximum Gasteiger partial charge on any atom is -1.00 e. The predicted molar refractivity (Wildman–Crippen MR) is 210 cm³/mol. The van der Waals surface area contributed by atoms with Crippen molar-refractivity contribution in [2.45, 2.75) is 68.1 Å². The van der Waals surface area contributed by atoms with Crippen LogP contribution in [-0.2, 0) is 21.3 Å². The molecule has 53 heavy (non-hydrogen) atoms. The van der Waals surface area contributed by atoms with Crippen LogP contribution in [0.2, 0.25) is 0 Å². The summed E-state index contributed by atoms with van der Waals surface area (Å²) >= 11 is -2.77. The van der Waals surface area contributed by atoms with E-state index in [0.29, 0.717) is 7.25 Å². The second-order valence-electron chi connectivity index (χ2n) is 14.9. The van der Waals surface area contributed by atoms with E-state index in [2.05, 4.69) is 151 Å². The third-order valence-electron chi connectivity index (χ3n) is 11.8. The Morgan fingerprint density at radius 2 is 0.925 bits per heavy atom. The predicted octanol–water partition coefficient (Wildman–Crippen LogP) is 6.93. The van der Waals surface area contributed by atoms with E-state index in [1.54, 1.807) is 0 Å². The molecule has 5 heteroatoms. The van der Waals surface area contributed by atoms with Gasteiger partial charge in [0.25, 0.3) is 0 Å². The van der Waals surface area contributed by atoms with E-state index in [4.69, 9.17) is 8.83 Å². The van der Waals surface area contributed by atoms with E-state index in [-0.39, 0.29) is 24.8 Å². The second-order valence-corrected chi connectivity index (χ2v) is 21.7. The van der Waals surface area contributed by atoms with Crippen molar-refractivity contribution in [1.82, 2.24) is 0 Å². The topological polar surface area (TPSA) is 26.3 Å². The number of furan rings is 2. The second kappa shape index (κ2) is 14.8. The normalized spacial score (nSPS) is 16.7. The first kappa shape index (κ1) is 37.6. The standard InChI is InChI=1S/2C22H19O.C4H6.2ClH.Zr/c2*1-14-9-10-18-12-19(21-11-15(2)16(3)23-21)13-20(18)22(14)17-7-5-4-6-8-17;1-2-4-3-1;;;/h2*4-13H,1-3H3;1-3H2;2*1H;/q;;;;;+2/p-2. The van der Waals surface area contributed by atoms with Gasteiger partial charge in [-0.3, -0.25) is 0 Å². The number of halogens is 2. The summed E-state index contributed by atoms with van der Waals surface area (Å²) in [5.41, 5.74) is 18.9. The fraction of sp³-hybridized carbons (Fsp3) is 0.229. The van der Waals surface area contributed by atoms with Gasteiger partial charge in [-0.05, 0) is 0 Å². The van der Waals surface area contributed by atoms with Crippen LogP contribution in [0, 0.1) is 41.5 Å². The quantitative estimate of drug-likeness (QED) is 0.183. The first-order chi connectivity index (χ1) is 24.8. The van der Waals surface area contributed by atoms with Crippen LogP contribution in [0.25, 0.3) is 45.6 Å². The zero-order valence-electron chi connectivity index (χ0n) is 31.2. The minimum atomic E-state index is -2.77. The van der Waals surface area contributed by atoms with Crippen molar-refractivity contribution in [2.75, 3.05) is 0 Å². The van der Waals surface area contributed by atoms with Crippen LogP contribution in [0.1, 0.15) is 94.1 Å². The Morgan fingerprint density at radius 1 is 0.509 bits per heavy atom. The molecule has 0 bridgehead atoms. The van der Waals surface area contributed by atoms with Crippen molar-refractivity contribution in [1.29, 1.82) is 0 Å². The van der Waals surface area contributed by atoms with Gasteiger partial charge < -0.3 is 24.8 Å². The van der Waals surface area contributed by atoms with E-state index in [1.165, 1.54) is 97.2 Å². The molecular formula is C48H44Cl2O2Zr. The Balaban J connectivity index is 0.00000218. The van der Waals surface area contributed by atoms with Crippen molar-refractivity contribution in [2.24, 2.45) is 0 Å². The molecule has 1 saturated carbocycles. The van der Waals surface area contributed by atoms with Crippen molar-refractivity contribution in [3.8, 4) is 22.3 Å². The molecule has 266 valence electrons. The Hall–Kier alpha value is -3.75. The zero-order valence-corrected chi connectivity index (χ0v) is 35.2. The monoisotopic (exact) mass is 812 g/mol. The van der Waals surface area contributed by atoms with Gasteiger partial charge in [0, 0.05) is 0 Å². The van der Waals surface area contributed by atoms with Gasteiger partial charge in [0.15, 0.2) is 0 Å².